The molecule has 166 valence electrons. The smallest absolute Gasteiger partial charge is 0.129 e. The quantitative estimate of drug-likeness (QED) is 0.227. The molecule has 0 unspecified atom stereocenters. The maximum absolute atomic E-state index is 5.60. The molecule has 0 aliphatic carbocycles. The van der Waals surface area contributed by atoms with Gasteiger partial charge in [0, 0.05) is 23.2 Å². The Hall–Kier alpha value is -4.58. The number of hydrogen-bond donors (Lipinski definition) is 0. The molecule has 0 radical (unpaired) electrons. The summed E-state index contributed by atoms with van der Waals surface area (Å²) in [6.07, 6.45) is 3.55. The molecule has 0 spiro atoms. The Morgan fingerprint density at radius 1 is 0.559 bits per heavy atom. The molecule has 0 bridgehead atoms. The van der Waals surface area contributed by atoms with E-state index in [2.05, 4.69) is 20.2 Å². The van der Waals surface area contributed by atoms with Crippen molar-refractivity contribution in [3.05, 3.63) is 96.1 Å². The second-order valence-electron chi connectivity index (χ2n) is 7.54. The third-order valence-electron chi connectivity index (χ3n) is 5.53. The highest BCUT2D eigenvalue weighted by molar-refractivity contribution is 6.14. The van der Waals surface area contributed by atoms with Crippen LogP contribution in [-0.4, -0.2) is 36.8 Å². The molecule has 0 atom stereocenters. The Morgan fingerprint density at radius 2 is 0.971 bits per heavy atom. The van der Waals surface area contributed by atoms with Crippen LogP contribution in [0.5, 0.6) is 11.5 Å². The van der Waals surface area contributed by atoms with Gasteiger partial charge in [-0.05, 0) is 48.5 Å². The van der Waals surface area contributed by atoms with Gasteiger partial charge < -0.3 is 9.47 Å². The van der Waals surface area contributed by atoms with E-state index in [-0.39, 0.29) is 0 Å². The van der Waals surface area contributed by atoms with Gasteiger partial charge in [-0.25, -0.2) is 0 Å². The standard InChI is InChI=1S/C28H22N4O2/c1-33-25-15-13-21-22-14-16-26(34-2)24(18-30-20-11-7-4-8-12-20)28(22)32-31-27(21)23(25)17-29-19-9-5-3-6-10-19/h3-18H,1-2H3/b29-17+,30-18+. The van der Waals surface area contributed by atoms with Crippen LogP contribution in [-0.2, 0) is 0 Å². The van der Waals surface area contributed by atoms with Crippen molar-refractivity contribution in [1.82, 2.24) is 10.2 Å². The fourth-order valence-corrected chi connectivity index (χ4v) is 3.84. The van der Waals surface area contributed by atoms with Crippen molar-refractivity contribution in [2.45, 2.75) is 0 Å². The molecule has 34 heavy (non-hydrogen) atoms. The van der Waals surface area contributed by atoms with Crippen LogP contribution >= 0.6 is 0 Å². The van der Waals surface area contributed by atoms with Crippen LogP contribution in [0.4, 0.5) is 11.4 Å². The number of ether oxygens (including phenoxy) is 2. The van der Waals surface area contributed by atoms with Crippen LogP contribution in [0.1, 0.15) is 11.1 Å². The molecular weight excluding hydrogens is 424 g/mol. The molecule has 0 N–H and O–H groups in total. The molecule has 5 rings (SSSR count). The predicted octanol–water partition coefficient (Wildman–Crippen LogP) is 6.30. The fourth-order valence-electron chi connectivity index (χ4n) is 3.84. The fraction of sp³-hybridized carbons (Fsp3) is 0.0714. The van der Waals surface area contributed by atoms with Gasteiger partial charge in [-0.3, -0.25) is 9.98 Å². The molecule has 0 saturated heterocycles. The number of aromatic nitrogens is 2. The van der Waals surface area contributed by atoms with Crippen molar-refractivity contribution in [2.75, 3.05) is 14.2 Å². The SMILES string of the molecule is COc1ccc2c(nnc3c(/C=N/c4ccccc4)c(OC)ccc32)c1/C=N/c1ccccc1. The summed E-state index contributed by atoms with van der Waals surface area (Å²) in [5.74, 6) is 1.36. The Bertz CT molecular complexity index is 1400. The summed E-state index contributed by atoms with van der Waals surface area (Å²) in [5.41, 5.74) is 4.66. The van der Waals surface area contributed by atoms with E-state index < -0.39 is 0 Å². The normalized spacial score (nSPS) is 11.6. The van der Waals surface area contributed by atoms with Gasteiger partial charge in [0.2, 0.25) is 0 Å². The number of aliphatic imine (C=N–C) groups is 2. The van der Waals surface area contributed by atoms with Gasteiger partial charge in [-0.2, -0.15) is 0 Å². The summed E-state index contributed by atoms with van der Waals surface area (Å²) in [6.45, 7) is 0. The molecule has 4 aromatic carbocycles. The minimum absolute atomic E-state index is 0.681. The average molecular weight is 447 g/mol. The van der Waals surface area contributed by atoms with Crippen LogP contribution in [0.3, 0.4) is 0 Å². The summed E-state index contributed by atoms with van der Waals surface area (Å²) in [6, 6.07) is 27.3. The number of para-hydroxylation sites is 2. The van der Waals surface area contributed by atoms with Gasteiger partial charge in [0.15, 0.2) is 0 Å². The lowest BCUT2D eigenvalue weighted by Gasteiger charge is -2.12. The third kappa shape index (κ3) is 4.09. The van der Waals surface area contributed by atoms with Gasteiger partial charge in [0.1, 0.15) is 22.5 Å². The second-order valence-corrected chi connectivity index (χ2v) is 7.54. The maximum atomic E-state index is 5.60. The number of fused-ring (bicyclic) bond motifs is 3. The lowest BCUT2D eigenvalue weighted by Crippen LogP contribution is -2.00. The number of methoxy groups -OCH3 is 2. The molecule has 1 heterocycles. The lowest BCUT2D eigenvalue weighted by atomic mass is 10.0. The van der Waals surface area contributed by atoms with E-state index in [4.69, 9.17) is 9.47 Å². The van der Waals surface area contributed by atoms with E-state index in [9.17, 15) is 0 Å². The van der Waals surface area contributed by atoms with E-state index >= 15 is 0 Å². The van der Waals surface area contributed by atoms with Gasteiger partial charge >= 0.3 is 0 Å². The monoisotopic (exact) mass is 446 g/mol. The molecule has 0 aliphatic rings. The Balaban J connectivity index is 1.69. The minimum atomic E-state index is 0.681. The second kappa shape index (κ2) is 9.50. The maximum Gasteiger partial charge on any atom is 0.129 e. The van der Waals surface area contributed by atoms with Gasteiger partial charge in [-0.15, -0.1) is 10.2 Å². The van der Waals surface area contributed by atoms with Crippen molar-refractivity contribution in [2.24, 2.45) is 9.98 Å². The molecule has 6 nitrogen and oxygen atoms in total. The van der Waals surface area contributed by atoms with Crippen molar-refractivity contribution < 1.29 is 9.47 Å². The number of hydrogen-bond acceptors (Lipinski definition) is 6. The molecule has 1 aromatic heterocycles. The minimum Gasteiger partial charge on any atom is -0.496 e. The zero-order valence-corrected chi connectivity index (χ0v) is 18.8. The summed E-state index contributed by atoms with van der Waals surface area (Å²) in [7, 11) is 3.27. The predicted molar refractivity (Wildman–Crippen MR) is 138 cm³/mol. The molecule has 0 aliphatic heterocycles. The largest absolute Gasteiger partial charge is 0.496 e. The van der Waals surface area contributed by atoms with Gasteiger partial charge in [0.05, 0.1) is 36.7 Å². The first-order chi connectivity index (χ1) is 16.8. The van der Waals surface area contributed by atoms with Crippen LogP contribution < -0.4 is 9.47 Å². The van der Waals surface area contributed by atoms with E-state index in [1.807, 2.05) is 84.9 Å². The molecular formula is C28H22N4O2. The van der Waals surface area contributed by atoms with E-state index in [1.165, 1.54) is 0 Å². The zero-order valence-electron chi connectivity index (χ0n) is 18.8. The molecule has 0 fully saturated rings. The third-order valence-corrected chi connectivity index (χ3v) is 5.53. The first-order valence-electron chi connectivity index (χ1n) is 10.8. The number of rotatable bonds is 6. The van der Waals surface area contributed by atoms with Crippen LogP contribution in [0.2, 0.25) is 0 Å². The van der Waals surface area contributed by atoms with Crippen LogP contribution in [0, 0.1) is 0 Å². The van der Waals surface area contributed by atoms with Crippen LogP contribution in [0.15, 0.2) is 94.9 Å². The topological polar surface area (TPSA) is 69.0 Å². The summed E-state index contributed by atoms with van der Waals surface area (Å²) >= 11 is 0. The molecule has 5 aromatic rings. The first kappa shape index (κ1) is 21.3. The van der Waals surface area contributed by atoms with Crippen molar-refractivity contribution in [1.29, 1.82) is 0 Å². The van der Waals surface area contributed by atoms with E-state index in [0.717, 1.165) is 33.3 Å². The summed E-state index contributed by atoms with van der Waals surface area (Å²) < 4.78 is 11.2. The van der Waals surface area contributed by atoms with Crippen LogP contribution in [0.25, 0.3) is 21.8 Å². The Morgan fingerprint density at radius 3 is 1.35 bits per heavy atom. The van der Waals surface area contributed by atoms with Gasteiger partial charge in [0.25, 0.3) is 0 Å². The van der Waals surface area contributed by atoms with Crippen molar-refractivity contribution >= 4 is 45.6 Å². The highest BCUT2D eigenvalue weighted by Crippen LogP contribution is 2.33. The van der Waals surface area contributed by atoms with Gasteiger partial charge in [-0.1, -0.05) is 36.4 Å². The highest BCUT2D eigenvalue weighted by Gasteiger charge is 2.15. The number of benzene rings is 4. The Kier molecular flexibility index (Phi) is 5.95. The first-order valence-corrected chi connectivity index (χ1v) is 10.8. The summed E-state index contributed by atoms with van der Waals surface area (Å²) in [5, 5.41) is 11.0. The molecule has 0 amide bonds. The van der Waals surface area contributed by atoms with E-state index in [1.54, 1.807) is 26.6 Å². The molecule has 6 heteroatoms. The number of nitrogens with zero attached hydrogens (tertiary/aromatic N) is 4. The van der Waals surface area contributed by atoms with E-state index in [0.29, 0.717) is 22.5 Å². The lowest BCUT2D eigenvalue weighted by molar-refractivity contribution is 0.414. The summed E-state index contributed by atoms with van der Waals surface area (Å²) in [4.78, 5) is 9.22. The Labute approximate surface area is 197 Å². The zero-order chi connectivity index (χ0) is 23.3. The highest BCUT2D eigenvalue weighted by atomic mass is 16.5. The van der Waals surface area contributed by atoms with Crippen molar-refractivity contribution in [3.63, 3.8) is 0 Å². The van der Waals surface area contributed by atoms with Crippen molar-refractivity contribution in [3.8, 4) is 11.5 Å². The molecule has 0 saturated carbocycles. The average Bonchev–Trinajstić information content (AvgIpc) is 2.90.